The summed E-state index contributed by atoms with van der Waals surface area (Å²) in [5, 5.41) is 0. The molecule has 6 nitrogen and oxygen atoms in total. The minimum absolute atomic E-state index is 0.392. The Labute approximate surface area is 186 Å². The fourth-order valence-corrected chi connectivity index (χ4v) is 3.90. The van der Waals surface area contributed by atoms with Gasteiger partial charge in [-0.15, -0.1) is 0 Å². The first-order chi connectivity index (χ1) is 15.6. The van der Waals surface area contributed by atoms with Crippen LogP contribution < -0.4 is 4.90 Å². The van der Waals surface area contributed by atoms with Crippen molar-refractivity contribution in [2.75, 3.05) is 19.1 Å². The molecule has 0 fully saturated rings. The van der Waals surface area contributed by atoms with Gasteiger partial charge >= 0.3 is 17.5 Å². The molecule has 1 unspecified atom stereocenters. The molecule has 4 rings (SSSR count). The molecular formula is C26H23NO5. The average molecular weight is 429 g/mol. The van der Waals surface area contributed by atoms with Gasteiger partial charge in [-0.25, -0.2) is 9.59 Å². The summed E-state index contributed by atoms with van der Waals surface area (Å²) in [6, 6.07) is 27.4. The molecule has 0 N–H and O–H groups in total. The van der Waals surface area contributed by atoms with Crippen LogP contribution in [0.25, 0.3) is 5.76 Å². The number of para-hydroxylation sites is 2. The monoisotopic (exact) mass is 429 g/mol. The van der Waals surface area contributed by atoms with E-state index in [0.29, 0.717) is 5.76 Å². The Bertz CT molecular complexity index is 1060. The highest BCUT2D eigenvalue weighted by molar-refractivity contribution is 6.08. The van der Waals surface area contributed by atoms with E-state index >= 15 is 0 Å². The number of rotatable bonds is 6. The van der Waals surface area contributed by atoms with E-state index in [1.807, 2.05) is 95.9 Å². The second-order valence-corrected chi connectivity index (χ2v) is 7.20. The van der Waals surface area contributed by atoms with Gasteiger partial charge in [0.15, 0.2) is 0 Å². The quantitative estimate of drug-likeness (QED) is 0.429. The SMILES string of the molecule is COC(=O)C1(C(=O)OC)OC(c2ccccc2)=CC1N(c1ccccc1)c1ccccc1. The molecule has 32 heavy (non-hydrogen) atoms. The Hall–Kier alpha value is -4.06. The van der Waals surface area contributed by atoms with Crippen molar-refractivity contribution in [2.24, 2.45) is 0 Å². The van der Waals surface area contributed by atoms with E-state index in [-0.39, 0.29) is 0 Å². The fourth-order valence-electron chi connectivity index (χ4n) is 3.90. The van der Waals surface area contributed by atoms with Crippen LogP contribution >= 0.6 is 0 Å². The standard InChI is InChI=1S/C26H23NO5/c1-30-24(28)26(25(29)31-2)23(18-22(32-26)19-12-6-3-7-13-19)27(20-14-8-4-9-15-20)21-16-10-5-11-17-21/h3-18,23H,1-2H3. The number of carbonyl (C=O) groups is 2. The van der Waals surface area contributed by atoms with Crippen LogP contribution in [-0.2, 0) is 23.8 Å². The molecule has 0 saturated heterocycles. The minimum Gasteiger partial charge on any atom is -0.466 e. The summed E-state index contributed by atoms with van der Waals surface area (Å²) in [6.45, 7) is 0. The van der Waals surface area contributed by atoms with Crippen molar-refractivity contribution in [3.8, 4) is 0 Å². The van der Waals surface area contributed by atoms with Gasteiger partial charge in [-0.2, -0.15) is 0 Å². The van der Waals surface area contributed by atoms with Crippen molar-refractivity contribution in [1.82, 2.24) is 0 Å². The van der Waals surface area contributed by atoms with Crippen LogP contribution in [-0.4, -0.2) is 37.8 Å². The third-order valence-corrected chi connectivity index (χ3v) is 5.38. The van der Waals surface area contributed by atoms with E-state index in [1.54, 1.807) is 6.08 Å². The molecule has 0 radical (unpaired) electrons. The van der Waals surface area contributed by atoms with Crippen LogP contribution in [0, 0.1) is 0 Å². The second kappa shape index (κ2) is 8.98. The number of hydrogen-bond donors (Lipinski definition) is 0. The largest absolute Gasteiger partial charge is 0.466 e. The normalized spacial score (nSPS) is 16.4. The second-order valence-electron chi connectivity index (χ2n) is 7.20. The molecule has 6 heteroatoms. The predicted molar refractivity (Wildman–Crippen MR) is 121 cm³/mol. The Morgan fingerprint density at radius 3 is 1.62 bits per heavy atom. The van der Waals surface area contributed by atoms with Gasteiger partial charge in [0.05, 0.1) is 14.2 Å². The maximum Gasteiger partial charge on any atom is 0.364 e. The summed E-state index contributed by atoms with van der Waals surface area (Å²) in [6.07, 6.45) is 1.77. The van der Waals surface area contributed by atoms with Crippen LogP contribution in [0.5, 0.6) is 0 Å². The lowest BCUT2D eigenvalue weighted by molar-refractivity contribution is -0.178. The number of esters is 2. The lowest BCUT2D eigenvalue weighted by Gasteiger charge is -2.37. The van der Waals surface area contributed by atoms with Crippen LogP contribution in [0.1, 0.15) is 5.56 Å². The molecule has 1 heterocycles. The molecule has 0 spiro atoms. The molecule has 1 aliphatic rings. The summed E-state index contributed by atoms with van der Waals surface area (Å²) in [5.41, 5.74) is 0.221. The number of carbonyl (C=O) groups excluding carboxylic acids is 2. The van der Waals surface area contributed by atoms with Crippen LogP contribution in [0.3, 0.4) is 0 Å². The molecule has 162 valence electrons. The Balaban J connectivity index is 1.96. The summed E-state index contributed by atoms with van der Waals surface area (Å²) in [5.74, 6) is -1.29. The van der Waals surface area contributed by atoms with Crippen LogP contribution in [0.4, 0.5) is 11.4 Å². The Morgan fingerprint density at radius 1 is 0.750 bits per heavy atom. The van der Waals surface area contributed by atoms with Gasteiger partial charge in [0.2, 0.25) is 0 Å². The number of methoxy groups -OCH3 is 2. The molecule has 0 aliphatic carbocycles. The van der Waals surface area contributed by atoms with E-state index in [1.165, 1.54) is 14.2 Å². The zero-order chi connectivity index (χ0) is 22.6. The third kappa shape index (κ3) is 3.60. The highest BCUT2D eigenvalue weighted by Gasteiger charge is 2.63. The van der Waals surface area contributed by atoms with Gasteiger partial charge < -0.3 is 19.1 Å². The Morgan fingerprint density at radius 2 is 1.19 bits per heavy atom. The molecular weight excluding hydrogens is 406 g/mol. The first-order valence-corrected chi connectivity index (χ1v) is 10.1. The van der Waals surface area contributed by atoms with Gasteiger partial charge in [0.25, 0.3) is 0 Å². The van der Waals surface area contributed by atoms with Crippen LogP contribution in [0.2, 0.25) is 0 Å². The minimum atomic E-state index is -2.06. The van der Waals surface area contributed by atoms with Crippen molar-refractivity contribution < 1.29 is 23.8 Å². The first-order valence-electron chi connectivity index (χ1n) is 10.1. The molecule has 0 amide bonds. The van der Waals surface area contributed by atoms with E-state index < -0.39 is 23.6 Å². The van der Waals surface area contributed by atoms with Crippen molar-refractivity contribution in [2.45, 2.75) is 11.6 Å². The van der Waals surface area contributed by atoms with Crippen molar-refractivity contribution in [3.63, 3.8) is 0 Å². The van der Waals surface area contributed by atoms with Gasteiger partial charge in [0, 0.05) is 16.9 Å². The van der Waals surface area contributed by atoms with Gasteiger partial charge in [-0.1, -0.05) is 66.7 Å². The zero-order valence-electron chi connectivity index (χ0n) is 17.8. The molecule has 0 saturated carbocycles. The topological polar surface area (TPSA) is 65.1 Å². The van der Waals surface area contributed by atoms with Gasteiger partial charge in [-0.05, 0) is 30.3 Å². The predicted octanol–water partition coefficient (Wildman–Crippen LogP) is 4.35. The number of benzene rings is 3. The maximum absolute atomic E-state index is 13.2. The summed E-state index contributed by atoms with van der Waals surface area (Å²) in [7, 11) is 2.45. The molecule has 1 aliphatic heterocycles. The highest BCUT2D eigenvalue weighted by atomic mass is 16.6. The van der Waals surface area contributed by atoms with Crippen LogP contribution in [0.15, 0.2) is 97.1 Å². The third-order valence-electron chi connectivity index (χ3n) is 5.38. The Kier molecular flexibility index (Phi) is 5.94. The molecule has 3 aromatic rings. The number of hydrogen-bond acceptors (Lipinski definition) is 6. The fraction of sp³-hybridized carbons (Fsp3) is 0.154. The molecule has 1 atom stereocenters. The zero-order valence-corrected chi connectivity index (χ0v) is 17.8. The molecule has 3 aromatic carbocycles. The average Bonchev–Trinajstić information content (AvgIpc) is 3.26. The maximum atomic E-state index is 13.2. The summed E-state index contributed by atoms with van der Waals surface area (Å²) in [4.78, 5) is 28.2. The van der Waals surface area contributed by atoms with Crippen molar-refractivity contribution >= 4 is 29.1 Å². The lowest BCUT2D eigenvalue weighted by atomic mass is 9.92. The van der Waals surface area contributed by atoms with E-state index in [0.717, 1.165) is 16.9 Å². The smallest absolute Gasteiger partial charge is 0.364 e. The highest BCUT2D eigenvalue weighted by Crippen LogP contribution is 2.43. The number of ether oxygens (including phenoxy) is 3. The summed E-state index contributed by atoms with van der Waals surface area (Å²) >= 11 is 0. The van der Waals surface area contributed by atoms with Crippen molar-refractivity contribution in [1.29, 1.82) is 0 Å². The summed E-state index contributed by atoms with van der Waals surface area (Å²) < 4.78 is 16.3. The van der Waals surface area contributed by atoms with E-state index in [9.17, 15) is 9.59 Å². The van der Waals surface area contributed by atoms with E-state index in [4.69, 9.17) is 14.2 Å². The van der Waals surface area contributed by atoms with Gasteiger partial charge in [0.1, 0.15) is 11.8 Å². The first kappa shape index (κ1) is 21.2. The molecule has 0 bridgehead atoms. The van der Waals surface area contributed by atoms with Crippen molar-refractivity contribution in [3.05, 3.63) is 103 Å². The van der Waals surface area contributed by atoms with E-state index in [2.05, 4.69) is 0 Å². The van der Waals surface area contributed by atoms with Gasteiger partial charge in [-0.3, -0.25) is 0 Å². The lowest BCUT2D eigenvalue weighted by Crippen LogP contribution is -2.60. The molecule has 0 aromatic heterocycles. The number of anilines is 2. The number of nitrogens with zero attached hydrogens (tertiary/aromatic N) is 1.